The highest BCUT2D eigenvalue weighted by molar-refractivity contribution is 5.63. The molecule has 26 heavy (non-hydrogen) atoms. The summed E-state index contributed by atoms with van der Waals surface area (Å²) in [5.74, 6) is 0.554. The van der Waals surface area contributed by atoms with E-state index in [1.54, 1.807) is 18.2 Å². The van der Waals surface area contributed by atoms with Crippen molar-refractivity contribution in [2.75, 3.05) is 6.61 Å². The standard InChI is InChI=1S/C21H21FN2O2/c1-23-18-10-9-17(19(22)13-18)14-26-21-4-2-3-20(24-21)16-7-5-15(6-8-16)11-12-25/h2-4,7,9-10,13,15,25H,5-6,8,11-12,14H2. The molecule has 2 aromatic rings. The molecule has 1 aliphatic carbocycles. The fourth-order valence-electron chi connectivity index (χ4n) is 3.11. The predicted molar refractivity (Wildman–Crippen MR) is 98.3 cm³/mol. The molecule has 1 aliphatic rings. The van der Waals surface area contributed by atoms with E-state index in [1.165, 1.54) is 11.6 Å². The molecule has 1 heterocycles. The highest BCUT2D eigenvalue weighted by Gasteiger charge is 2.16. The van der Waals surface area contributed by atoms with Crippen molar-refractivity contribution in [1.29, 1.82) is 0 Å². The Morgan fingerprint density at radius 3 is 2.88 bits per heavy atom. The van der Waals surface area contributed by atoms with E-state index in [1.807, 2.05) is 12.1 Å². The van der Waals surface area contributed by atoms with Crippen molar-refractivity contribution in [3.05, 3.63) is 71.0 Å². The first kappa shape index (κ1) is 18.1. The van der Waals surface area contributed by atoms with Gasteiger partial charge < -0.3 is 9.84 Å². The van der Waals surface area contributed by atoms with Crippen LogP contribution in [0.3, 0.4) is 0 Å². The number of aromatic nitrogens is 1. The van der Waals surface area contributed by atoms with Gasteiger partial charge in [0.25, 0.3) is 0 Å². The normalized spacial score (nSPS) is 16.7. The minimum Gasteiger partial charge on any atom is -0.473 e. The first-order valence-electron chi connectivity index (χ1n) is 8.75. The number of aliphatic hydroxyl groups excluding tert-OH is 1. The fourth-order valence-corrected chi connectivity index (χ4v) is 3.11. The third-order valence-electron chi connectivity index (χ3n) is 4.65. The van der Waals surface area contributed by atoms with Gasteiger partial charge in [-0.1, -0.05) is 24.3 Å². The number of pyridine rings is 1. The number of hydrogen-bond acceptors (Lipinski definition) is 3. The lowest BCUT2D eigenvalue weighted by atomic mass is 9.86. The summed E-state index contributed by atoms with van der Waals surface area (Å²) in [6, 6.07) is 9.96. The van der Waals surface area contributed by atoms with E-state index in [2.05, 4.69) is 15.9 Å². The number of aliphatic hydroxyl groups is 1. The molecule has 1 N–H and O–H groups in total. The molecule has 0 radical (unpaired) electrons. The number of halogens is 1. The second-order valence-corrected chi connectivity index (χ2v) is 6.42. The van der Waals surface area contributed by atoms with Crippen molar-refractivity contribution in [2.24, 2.45) is 5.92 Å². The summed E-state index contributed by atoms with van der Waals surface area (Å²) >= 11 is 0. The lowest BCUT2D eigenvalue weighted by Crippen LogP contribution is -2.08. The quantitative estimate of drug-likeness (QED) is 0.751. The maximum atomic E-state index is 13.9. The molecule has 0 saturated heterocycles. The van der Waals surface area contributed by atoms with Gasteiger partial charge in [-0.3, -0.25) is 0 Å². The fraction of sp³-hybridized carbons (Fsp3) is 0.333. The molecule has 1 aromatic carbocycles. The van der Waals surface area contributed by atoms with E-state index < -0.39 is 5.82 Å². The van der Waals surface area contributed by atoms with E-state index in [-0.39, 0.29) is 18.9 Å². The Morgan fingerprint density at radius 2 is 2.19 bits per heavy atom. The summed E-state index contributed by atoms with van der Waals surface area (Å²) in [5, 5.41) is 9.05. The van der Waals surface area contributed by atoms with Gasteiger partial charge in [0, 0.05) is 18.2 Å². The number of rotatable bonds is 6. The van der Waals surface area contributed by atoms with E-state index in [9.17, 15) is 4.39 Å². The molecule has 4 nitrogen and oxygen atoms in total. The molecule has 0 saturated carbocycles. The Bertz CT molecular complexity index is 842. The first-order valence-corrected chi connectivity index (χ1v) is 8.75. The Morgan fingerprint density at radius 1 is 1.31 bits per heavy atom. The van der Waals surface area contributed by atoms with Gasteiger partial charge in [-0.05, 0) is 49.3 Å². The van der Waals surface area contributed by atoms with Gasteiger partial charge in [0.2, 0.25) is 5.88 Å². The average molecular weight is 352 g/mol. The van der Waals surface area contributed by atoms with Crippen molar-refractivity contribution in [2.45, 2.75) is 32.3 Å². The molecule has 0 aliphatic heterocycles. The van der Waals surface area contributed by atoms with Crippen LogP contribution in [0.15, 0.2) is 42.5 Å². The summed E-state index contributed by atoms with van der Waals surface area (Å²) in [7, 11) is 0. The highest BCUT2D eigenvalue weighted by atomic mass is 19.1. The van der Waals surface area contributed by atoms with Crippen molar-refractivity contribution < 1.29 is 14.2 Å². The van der Waals surface area contributed by atoms with Gasteiger partial charge in [0.05, 0.1) is 12.3 Å². The number of nitrogens with zero attached hydrogens (tertiary/aromatic N) is 2. The molecule has 0 fully saturated rings. The Labute approximate surface area is 152 Å². The third kappa shape index (κ3) is 4.47. The zero-order chi connectivity index (χ0) is 18.4. The molecule has 0 spiro atoms. The lowest BCUT2D eigenvalue weighted by Gasteiger charge is -2.21. The van der Waals surface area contributed by atoms with Gasteiger partial charge in [-0.15, -0.1) is 0 Å². The second kappa shape index (κ2) is 8.59. The first-order chi connectivity index (χ1) is 12.7. The maximum Gasteiger partial charge on any atom is 0.214 e. The summed E-state index contributed by atoms with van der Waals surface area (Å²) in [4.78, 5) is 7.74. The Hall–Kier alpha value is -2.71. The topological polar surface area (TPSA) is 46.7 Å². The number of allylic oxidation sites excluding steroid dienone is 2. The Kier molecular flexibility index (Phi) is 5.98. The number of ether oxygens (including phenoxy) is 1. The summed E-state index contributed by atoms with van der Waals surface area (Å²) in [6.07, 6.45) is 5.99. The van der Waals surface area contributed by atoms with Gasteiger partial charge in [0.15, 0.2) is 5.69 Å². The van der Waals surface area contributed by atoms with Crippen molar-refractivity contribution in [3.63, 3.8) is 0 Å². The second-order valence-electron chi connectivity index (χ2n) is 6.42. The third-order valence-corrected chi connectivity index (χ3v) is 4.65. The molecule has 1 aromatic heterocycles. The molecule has 0 amide bonds. The summed E-state index contributed by atoms with van der Waals surface area (Å²) < 4.78 is 19.6. The zero-order valence-electron chi connectivity index (χ0n) is 14.5. The smallest absolute Gasteiger partial charge is 0.214 e. The molecular formula is C21H21FN2O2. The van der Waals surface area contributed by atoms with Crippen LogP contribution in [0.25, 0.3) is 10.4 Å². The zero-order valence-corrected chi connectivity index (χ0v) is 14.5. The van der Waals surface area contributed by atoms with Gasteiger partial charge >= 0.3 is 0 Å². The van der Waals surface area contributed by atoms with Crippen LogP contribution in [0.2, 0.25) is 0 Å². The minimum atomic E-state index is -0.445. The van der Waals surface area contributed by atoms with Crippen LogP contribution in [-0.4, -0.2) is 16.7 Å². The van der Waals surface area contributed by atoms with Crippen LogP contribution in [0.5, 0.6) is 5.88 Å². The number of hydrogen-bond donors (Lipinski definition) is 1. The monoisotopic (exact) mass is 352 g/mol. The van der Waals surface area contributed by atoms with Crippen LogP contribution >= 0.6 is 0 Å². The molecule has 134 valence electrons. The van der Waals surface area contributed by atoms with Gasteiger partial charge in [-0.2, -0.15) is 0 Å². The van der Waals surface area contributed by atoms with E-state index in [0.717, 1.165) is 31.4 Å². The van der Waals surface area contributed by atoms with Crippen molar-refractivity contribution in [3.8, 4) is 5.88 Å². The van der Waals surface area contributed by atoms with Crippen molar-refractivity contribution in [1.82, 2.24) is 4.98 Å². The van der Waals surface area contributed by atoms with Crippen LogP contribution in [0.1, 0.15) is 36.9 Å². The predicted octanol–water partition coefficient (Wildman–Crippen LogP) is 4.92. The molecule has 5 heteroatoms. The summed E-state index contributed by atoms with van der Waals surface area (Å²) in [6.45, 7) is 7.21. The van der Waals surface area contributed by atoms with Crippen LogP contribution in [-0.2, 0) is 6.61 Å². The number of benzene rings is 1. The van der Waals surface area contributed by atoms with E-state index >= 15 is 0 Å². The minimum absolute atomic E-state index is 0.0676. The van der Waals surface area contributed by atoms with E-state index in [4.69, 9.17) is 16.4 Å². The molecule has 1 unspecified atom stereocenters. The molecule has 3 rings (SSSR count). The largest absolute Gasteiger partial charge is 0.473 e. The molecule has 1 atom stereocenters. The Balaban J connectivity index is 1.66. The molecule has 0 bridgehead atoms. The van der Waals surface area contributed by atoms with Crippen LogP contribution in [0, 0.1) is 18.3 Å². The summed E-state index contributed by atoms with van der Waals surface area (Å²) in [5.41, 5.74) is 2.74. The average Bonchev–Trinajstić information content (AvgIpc) is 2.68. The SMILES string of the molecule is [C-]#[N+]c1ccc(COc2cccc(C3=CCC(CCO)CC3)n2)c(F)c1. The molecular weight excluding hydrogens is 331 g/mol. The van der Waals surface area contributed by atoms with Crippen LogP contribution in [0.4, 0.5) is 10.1 Å². The highest BCUT2D eigenvalue weighted by Crippen LogP contribution is 2.31. The van der Waals surface area contributed by atoms with Crippen molar-refractivity contribution >= 4 is 11.3 Å². The van der Waals surface area contributed by atoms with Gasteiger partial charge in [-0.25, -0.2) is 14.2 Å². The maximum absolute atomic E-state index is 13.9. The van der Waals surface area contributed by atoms with Gasteiger partial charge in [0.1, 0.15) is 12.4 Å². The van der Waals surface area contributed by atoms with E-state index in [0.29, 0.717) is 17.4 Å². The van der Waals surface area contributed by atoms with Crippen LogP contribution < -0.4 is 4.74 Å². The lowest BCUT2D eigenvalue weighted by molar-refractivity contribution is 0.251.